The molecule has 0 spiro atoms. The summed E-state index contributed by atoms with van der Waals surface area (Å²) in [6.45, 7) is 3.48. The average Bonchev–Trinajstić information content (AvgIpc) is 3.27. The van der Waals surface area contributed by atoms with Crippen LogP contribution in [0.15, 0.2) is 48.7 Å². The topological polar surface area (TPSA) is 80.5 Å². The van der Waals surface area contributed by atoms with Crippen molar-refractivity contribution in [3.63, 3.8) is 0 Å². The zero-order valence-electron chi connectivity index (χ0n) is 20.2. The Morgan fingerprint density at radius 2 is 2.00 bits per heavy atom. The van der Waals surface area contributed by atoms with Crippen LogP contribution in [0, 0.1) is 5.82 Å². The zero-order chi connectivity index (χ0) is 25.8. The molecule has 1 aliphatic rings. The van der Waals surface area contributed by atoms with Crippen LogP contribution in [-0.2, 0) is 0 Å². The van der Waals surface area contributed by atoms with Gasteiger partial charge in [-0.15, -0.1) is 0 Å². The number of nitrogens with two attached hydrogens (primary N) is 1. The van der Waals surface area contributed by atoms with E-state index in [0.29, 0.717) is 34.5 Å². The third kappa shape index (κ3) is 5.91. The van der Waals surface area contributed by atoms with Crippen molar-refractivity contribution in [1.82, 2.24) is 15.2 Å². The molecule has 190 valence electrons. The van der Waals surface area contributed by atoms with Gasteiger partial charge in [0.15, 0.2) is 11.6 Å². The quantitative estimate of drug-likeness (QED) is 0.342. The van der Waals surface area contributed by atoms with Gasteiger partial charge in [-0.05, 0) is 75.7 Å². The van der Waals surface area contributed by atoms with Gasteiger partial charge in [-0.3, -0.25) is 4.79 Å². The van der Waals surface area contributed by atoms with Crippen LogP contribution in [0.5, 0.6) is 5.75 Å². The predicted molar refractivity (Wildman–Crippen MR) is 142 cm³/mol. The number of anilines is 1. The van der Waals surface area contributed by atoms with Crippen LogP contribution < -0.4 is 15.8 Å². The summed E-state index contributed by atoms with van der Waals surface area (Å²) in [6.07, 6.45) is 4.31. The number of halogens is 3. The van der Waals surface area contributed by atoms with E-state index in [1.807, 2.05) is 12.1 Å². The first-order chi connectivity index (χ1) is 17.2. The molecule has 0 bridgehead atoms. The second kappa shape index (κ2) is 11.5. The fraction of sp³-hybridized carbons (Fsp3) is 0.333. The minimum atomic E-state index is -0.671. The summed E-state index contributed by atoms with van der Waals surface area (Å²) >= 11 is 12.3. The molecule has 3 N–H and O–H groups in total. The fourth-order valence-corrected chi connectivity index (χ4v) is 5.16. The van der Waals surface area contributed by atoms with Crippen LogP contribution >= 0.6 is 23.2 Å². The summed E-state index contributed by atoms with van der Waals surface area (Å²) < 4.78 is 19.9. The molecule has 2 atom stereocenters. The number of carbonyl (C=O) groups excluding carboxylic acids is 1. The maximum Gasteiger partial charge on any atom is 0.251 e. The van der Waals surface area contributed by atoms with Crippen molar-refractivity contribution in [1.29, 1.82) is 0 Å². The Labute approximate surface area is 220 Å². The number of nitrogens with zero attached hydrogens (tertiary/aromatic N) is 2. The fourth-order valence-electron chi connectivity index (χ4n) is 4.48. The zero-order valence-corrected chi connectivity index (χ0v) is 21.7. The molecule has 6 nitrogen and oxygen atoms in total. The molecule has 9 heteroatoms. The van der Waals surface area contributed by atoms with E-state index in [1.54, 1.807) is 31.3 Å². The Kier molecular flexibility index (Phi) is 8.34. The number of aromatic nitrogens is 1. The molecule has 36 heavy (non-hydrogen) atoms. The number of rotatable bonds is 8. The molecular weight excluding hydrogens is 502 g/mol. The van der Waals surface area contributed by atoms with Gasteiger partial charge in [0.2, 0.25) is 0 Å². The van der Waals surface area contributed by atoms with Crippen LogP contribution in [0.1, 0.15) is 48.2 Å². The highest BCUT2D eigenvalue weighted by atomic mass is 35.5. The van der Waals surface area contributed by atoms with E-state index in [0.717, 1.165) is 24.1 Å². The molecule has 3 aromatic rings. The highest BCUT2D eigenvalue weighted by molar-refractivity contribution is 6.36. The molecule has 1 aliphatic heterocycles. The number of nitrogen functional groups attached to an aromatic ring is 1. The van der Waals surface area contributed by atoms with Gasteiger partial charge in [0.05, 0.1) is 5.02 Å². The molecule has 0 saturated carbocycles. The second-order valence-corrected chi connectivity index (χ2v) is 9.81. The molecule has 1 aromatic heterocycles. The Morgan fingerprint density at radius 1 is 1.25 bits per heavy atom. The smallest absolute Gasteiger partial charge is 0.251 e. The van der Waals surface area contributed by atoms with E-state index < -0.39 is 11.9 Å². The maximum absolute atomic E-state index is 14.0. The van der Waals surface area contributed by atoms with Crippen molar-refractivity contribution >= 4 is 34.9 Å². The Bertz CT molecular complexity index is 1240. The van der Waals surface area contributed by atoms with Gasteiger partial charge in [-0.25, -0.2) is 9.37 Å². The third-order valence-electron chi connectivity index (χ3n) is 6.59. The Morgan fingerprint density at radius 3 is 2.69 bits per heavy atom. The summed E-state index contributed by atoms with van der Waals surface area (Å²) in [7, 11) is 2.13. The lowest BCUT2D eigenvalue weighted by Crippen LogP contribution is -2.31. The average molecular weight is 531 g/mol. The lowest BCUT2D eigenvalue weighted by Gasteiger charge is -2.19. The van der Waals surface area contributed by atoms with Gasteiger partial charge in [0, 0.05) is 40.5 Å². The van der Waals surface area contributed by atoms with Crippen LogP contribution in [0.4, 0.5) is 10.2 Å². The van der Waals surface area contributed by atoms with Crippen molar-refractivity contribution in [2.24, 2.45) is 0 Å². The molecule has 1 fully saturated rings. The monoisotopic (exact) mass is 530 g/mol. The summed E-state index contributed by atoms with van der Waals surface area (Å²) in [6, 6.07) is 12.2. The summed E-state index contributed by atoms with van der Waals surface area (Å²) in [5, 5.41) is 3.21. The number of amides is 1. The lowest BCUT2D eigenvalue weighted by atomic mass is 10.0. The second-order valence-electron chi connectivity index (χ2n) is 9.02. The van der Waals surface area contributed by atoms with Gasteiger partial charge < -0.3 is 20.7 Å². The first-order valence-electron chi connectivity index (χ1n) is 11.9. The number of hydrogen-bond donors (Lipinski definition) is 2. The standard InChI is InChI=1S/C27H29Cl2FN4O2/c1-16(24-21(28)9-10-22(30)25(24)29)36-23-14-19(15-33-26(23)31)17-5-7-18(8-6-17)27(35)32-12-11-20-4-3-13-34(20)2/h5-10,14-16,20H,3-4,11-13H2,1-2H3,(H2,31,33)(H,32,35). The lowest BCUT2D eigenvalue weighted by molar-refractivity contribution is 0.0950. The maximum atomic E-state index is 14.0. The van der Waals surface area contributed by atoms with Gasteiger partial charge in [-0.1, -0.05) is 35.3 Å². The van der Waals surface area contributed by atoms with Gasteiger partial charge in [-0.2, -0.15) is 0 Å². The number of benzene rings is 2. The van der Waals surface area contributed by atoms with Crippen LogP contribution in [0.25, 0.3) is 11.1 Å². The Balaban J connectivity index is 1.43. The summed E-state index contributed by atoms with van der Waals surface area (Å²) in [5.41, 5.74) is 8.54. The molecule has 4 rings (SSSR count). The summed E-state index contributed by atoms with van der Waals surface area (Å²) in [5.74, 6) is -0.186. The van der Waals surface area contributed by atoms with Crippen molar-refractivity contribution in [3.8, 4) is 16.9 Å². The number of nitrogens with one attached hydrogen (secondary N) is 1. The van der Waals surface area contributed by atoms with E-state index in [1.165, 1.54) is 25.0 Å². The molecule has 0 aliphatic carbocycles. The first kappa shape index (κ1) is 26.2. The van der Waals surface area contributed by atoms with Gasteiger partial charge in [0.25, 0.3) is 5.91 Å². The van der Waals surface area contributed by atoms with Gasteiger partial charge in [0.1, 0.15) is 11.9 Å². The van der Waals surface area contributed by atoms with Crippen LogP contribution in [-0.4, -0.2) is 42.0 Å². The highest BCUT2D eigenvalue weighted by Gasteiger charge is 2.21. The molecular formula is C27H29Cl2FN4O2. The normalized spacial score (nSPS) is 16.6. The highest BCUT2D eigenvalue weighted by Crippen LogP contribution is 2.37. The summed E-state index contributed by atoms with van der Waals surface area (Å²) in [4.78, 5) is 19.1. The Hall–Kier alpha value is -2.87. The molecule has 0 radical (unpaired) electrons. The predicted octanol–water partition coefficient (Wildman–Crippen LogP) is 6.13. The van der Waals surface area contributed by atoms with Crippen LogP contribution in [0.3, 0.4) is 0 Å². The van der Waals surface area contributed by atoms with Crippen molar-refractivity contribution in [2.45, 2.75) is 38.3 Å². The third-order valence-corrected chi connectivity index (χ3v) is 7.30. The minimum absolute atomic E-state index is 0.0955. The number of carbonyl (C=O) groups is 1. The number of likely N-dealkylation sites (tertiary alicyclic amines) is 1. The van der Waals surface area contributed by atoms with Crippen molar-refractivity contribution in [2.75, 3.05) is 25.9 Å². The number of ether oxygens (including phenoxy) is 1. The largest absolute Gasteiger partial charge is 0.482 e. The number of pyridine rings is 1. The molecule has 2 heterocycles. The van der Waals surface area contributed by atoms with E-state index in [9.17, 15) is 9.18 Å². The minimum Gasteiger partial charge on any atom is -0.482 e. The van der Waals surface area contributed by atoms with Crippen molar-refractivity contribution in [3.05, 3.63) is 75.7 Å². The number of hydrogen-bond acceptors (Lipinski definition) is 5. The molecule has 2 aromatic carbocycles. The van der Waals surface area contributed by atoms with E-state index >= 15 is 0 Å². The van der Waals surface area contributed by atoms with E-state index in [2.05, 4.69) is 22.2 Å². The van der Waals surface area contributed by atoms with E-state index in [-0.39, 0.29) is 16.7 Å². The molecule has 1 amide bonds. The van der Waals surface area contributed by atoms with Gasteiger partial charge >= 0.3 is 0 Å². The SMILES string of the molecule is CC(Oc1cc(-c2ccc(C(=O)NCCC3CCCN3C)cc2)cnc1N)c1c(Cl)ccc(F)c1Cl. The van der Waals surface area contributed by atoms with Crippen molar-refractivity contribution < 1.29 is 13.9 Å². The van der Waals surface area contributed by atoms with E-state index in [4.69, 9.17) is 33.7 Å². The first-order valence-corrected chi connectivity index (χ1v) is 12.6. The molecule has 1 saturated heterocycles. The van der Waals surface area contributed by atoms with Crippen LogP contribution in [0.2, 0.25) is 10.0 Å². The molecule has 2 unspecified atom stereocenters.